The summed E-state index contributed by atoms with van der Waals surface area (Å²) >= 11 is 1.49. The molecule has 2 aromatic carbocycles. The Morgan fingerprint density at radius 2 is 2.00 bits per heavy atom. The van der Waals surface area contributed by atoms with E-state index in [1.807, 2.05) is 24.3 Å². The molecule has 29 heavy (non-hydrogen) atoms. The minimum absolute atomic E-state index is 0.00973. The number of amidine groups is 1. The molecule has 0 fully saturated rings. The SMILES string of the molecule is COc1ccc(C2CSC(NC(=O)CCc3ccc4c(c3)OC(F)(F)O4)=N2)cc1. The number of aliphatic imine (C=N–C) groups is 1. The van der Waals surface area contributed by atoms with Crippen LogP contribution in [0.15, 0.2) is 47.5 Å². The zero-order valence-corrected chi connectivity index (χ0v) is 16.3. The first-order valence-corrected chi connectivity index (χ1v) is 9.93. The highest BCUT2D eigenvalue weighted by Gasteiger charge is 2.43. The van der Waals surface area contributed by atoms with Crippen LogP contribution in [0.1, 0.15) is 23.6 Å². The third-order valence-electron chi connectivity index (χ3n) is 4.50. The molecule has 2 heterocycles. The monoisotopic (exact) mass is 420 g/mol. The lowest BCUT2D eigenvalue weighted by molar-refractivity contribution is -0.286. The van der Waals surface area contributed by atoms with Crippen molar-refractivity contribution in [3.63, 3.8) is 0 Å². The van der Waals surface area contributed by atoms with Gasteiger partial charge >= 0.3 is 6.29 Å². The van der Waals surface area contributed by atoms with E-state index >= 15 is 0 Å². The van der Waals surface area contributed by atoms with E-state index in [4.69, 9.17) is 4.74 Å². The fraction of sp³-hybridized carbons (Fsp3) is 0.300. The summed E-state index contributed by atoms with van der Waals surface area (Å²) in [6.45, 7) is 0. The predicted molar refractivity (Wildman–Crippen MR) is 105 cm³/mol. The number of rotatable bonds is 5. The number of carbonyl (C=O) groups excluding carboxylic acids is 1. The van der Waals surface area contributed by atoms with Crippen LogP contribution in [0.4, 0.5) is 8.78 Å². The lowest BCUT2D eigenvalue weighted by Crippen LogP contribution is -2.27. The number of methoxy groups -OCH3 is 1. The molecule has 2 aliphatic heterocycles. The summed E-state index contributed by atoms with van der Waals surface area (Å²) in [4.78, 5) is 16.8. The Morgan fingerprint density at radius 3 is 2.76 bits per heavy atom. The van der Waals surface area contributed by atoms with Gasteiger partial charge in [-0.25, -0.2) is 0 Å². The molecule has 1 N–H and O–H groups in total. The maximum atomic E-state index is 13.1. The Bertz CT molecular complexity index is 950. The molecule has 0 aliphatic carbocycles. The van der Waals surface area contributed by atoms with Crippen molar-refractivity contribution in [1.82, 2.24) is 5.32 Å². The van der Waals surface area contributed by atoms with Crippen molar-refractivity contribution in [1.29, 1.82) is 0 Å². The Morgan fingerprint density at radius 1 is 1.24 bits per heavy atom. The second-order valence-electron chi connectivity index (χ2n) is 6.53. The van der Waals surface area contributed by atoms with E-state index in [1.165, 1.54) is 23.9 Å². The molecule has 0 bridgehead atoms. The van der Waals surface area contributed by atoms with Crippen molar-refractivity contribution in [3.05, 3.63) is 53.6 Å². The van der Waals surface area contributed by atoms with E-state index < -0.39 is 6.29 Å². The smallest absolute Gasteiger partial charge is 0.497 e. The van der Waals surface area contributed by atoms with Gasteiger partial charge in [0.25, 0.3) is 0 Å². The van der Waals surface area contributed by atoms with Crippen LogP contribution >= 0.6 is 11.8 Å². The summed E-state index contributed by atoms with van der Waals surface area (Å²) < 4.78 is 40.1. The number of amides is 1. The Hall–Kier alpha value is -2.81. The summed E-state index contributed by atoms with van der Waals surface area (Å²) in [5.41, 5.74) is 1.76. The number of hydrogen-bond donors (Lipinski definition) is 1. The molecular formula is C20H18F2N2O4S. The first-order chi connectivity index (χ1) is 13.9. The van der Waals surface area contributed by atoms with Crippen molar-refractivity contribution in [3.8, 4) is 17.2 Å². The highest BCUT2D eigenvalue weighted by molar-refractivity contribution is 8.14. The highest BCUT2D eigenvalue weighted by Crippen LogP contribution is 2.41. The van der Waals surface area contributed by atoms with Gasteiger partial charge in [0.1, 0.15) is 5.75 Å². The zero-order chi connectivity index (χ0) is 20.4. The van der Waals surface area contributed by atoms with Gasteiger partial charge < -0.3 is 19.5 Å². The van der Waals surface area contributed by atoms with E-state index in [-0.39, 0.29) is 29.9 Å². The molecule has 6 nitrogen and oxygen atoms in total. The second-order valence-corrected chi connectivity index (χ2v) is 7.54. The first-order valence-electron chi connectivity index (χ1n) is 8.95. The number of aryl methyl sites for hydroxylation is 1. The Balaban J connectivity index is 1.30. The number of ether oxygens (including phenoxy) is 3. The van der Waals surface area contributed by atoms with E-state index in [1.54, 1.807) is 13.2 Å². The molecule has 1 atom stereocenters. The number of carbonyl (C=O) groups is 1. The van der Waals surface area contributed by atoms with Gasteiger partial charge in [-0.3, -0.25) is 9.79 Å². The lowest BCUT2D eigenvalue weighted by atomic mass is 10.1. The molecule has 2 aliphatic rings. The standard InChI is InChI=1S/C20H18F2N2O4S/c1-26-14-6-4-13(5-7-14)15-11-29-19(23-15)24-18(25)9-3-12-2-8-16-17(10-12)28-20(21,22)27-16/h2,4-8,10,15H,3,9,11H2,1H3,(H,23,24,25). The Labute approximate surface area is 170 Å². The van der Waals surface area contributed by atoms with Gasteiger partial charge in [0.15, 0.2) is 16.7 Å². The van der Waals surface area contributed by atoms with Gasteiger partial charge in [-0.15, -0.1) is 8.78 Å². The third-order valence-corrected chi connectivity index (χ3v) is 5.47. The van der Waals surface area contributed by atoms with Crippen LogP contribution in [0.5, 0.6) is 17.2 Å². The quantitative estimate of drug-likeness (QED) is 0.794. The normalized spacial score (nSPS) is 19.0. The van der Waals surface area contributed by atoms with Crippen LogP contribution in [0.25, 0.3) is 0 Å². The Kier molecular flexibility index (Phi) is 5.31. The molecule has 0 radical (unpaired) electrons. The summed E-state index contributed by atoms with van der Waals surface area (Å²) in [5, 5.41) is 3.39. The number of benzene rings is 2. The van der Waals surface area contributed by atoms with E-state index in [9.17, 15) is 13.6 Å². The van der Waals surface area contributed by atoms with E-state index in [0.717, 1.165) is 17.1 Å². The highest BCUT2D eigenvalue weighted by atomic mass is 32.2. The molecule has 0 saturated heterocycles. The average molecular weight is 420 g/mol. The zero-order valence-electron chi connectivity index (χ0n) is 15.5. The summed E-state index contributed by atoms with van der Waals surface area (Å²) in [7, 11) is 1.62. The summed E-state index contributed by atoms with van der Waals surface area (Å²) in [6, 6.07) is 12.2. The number of hydrogen-bond acceptors (Lipinski definition) is 6. The molecule has 0 spiro atoms. The van der Waals surface area contributed by atoms with Crippen LogP contribution in [0.2, 0.25) is 0 Å². The summed E-state index contributed by atoms with van der Waals surface area (Å²) in [5.74, 6) is 1.31. The number of nitrogens with one attached hydrogen (secondary N) is 1. The van der Waals surface area contributed by atoms with Gasteiger partial charge in [0, 0.05) is 12.2 Å². The van der Waals surface area contributed by atoms with Crippen molar-refractivity contribution in [2.24, 2.45) is 4.99 Å². The van der Waals surface area contributed by atoms with Crippen LogP contribution in [0.3, 0.4) is 0 Å². The predicted octanol–water partition coefficient (Wildman–Crippen LogP) is 3.91. The van der Waals surface area contributed by atoms with Gasteiger partial charge in [0.05, 0.1) is 13.2 Å². The van der Waals surface area contributed by atoms with Crippen molar-refractivity contribution in [2.45, 2.75) is 25.2 Å². The van der Waals surface area contributed by atoms with Crippen molar-refractivity contribution in [2.75, 3.05) is 12.9 Å². The fourth-order valence-electron chi connectivity index (χ4n) is 3.03. The maximum Gasteiger partial charge on any atom is 0.586 e. The molecule has 2 aromatic rings. The minimum Gasteiger partial charge on any atom is -0.497 e. The van der Waals surface area contributed by atoms with Gasteiger partial charge in [-0.1, -0.05) is 30.0 Å². The average Bonchev–Trinajstić information content (AvgIpc) is 3.28. The maximum absolute atomic E-state index is 13.1. The summed E-state index contributed by atoms with van der Waals surface area (Å²) in [6.07, 6.45) is -3.06. The number of nitrogens with zero attached hydrogens (tertiary/aromatic N) is 1. The molecule has 1 unspecified atom stereocenters. The molecular weight excluding hydrogens is 402 g/mol. The topological polar surface area (TPSA) is 69.2 Å². The minimum atomic E-state index is -3.64. The van der Waals surface area contributed by atoms with Gasteiger partial charge in [0.2, 0.25) is 5.91 Å². The molecule has 1 amide bonds. The van der Waals surface area contributed by atoms with Crippen LogP contribution in [-0.4, -0.2) is 30.2 Å². The number of thioether (sulfide) groups is 1. The number of halogens is 2. The van der Waals surface area contributed by atoms with Crippen LogP contribution in [-0.2, 0) is 11.2 Å². The van der Waals surface area contributed by atoms with Crippen molar-refractivity contribution >= 4 is 22.8 Å². The lowest BCUT2D eigenvalue weighted by Gasteiger charge is -2.07. The molecule has 4 rings (SSSR count). The van der Waals surface area contributed by atoms with Crippen molar-refractivity contribution < 1.29 is 27.8 Å². The van der Waals surface area contributed by atoms with E-state index in [2.05, 4.69) is 19.8 Å². The van der Waals surface area contributed by atoms with E-state index in [0.29, 0.717) is 17.2 Å². The number of alkyl halides is 2. The first kappa shape index (κ1) is 19.5. The fourth-order valence-corrected chi connectivity index (χ4v) is 4.00. The molecule has 152 valence electrons. The second kappa shape index (κ2) is 7.90. The van der Waals surface area contributed by atoms with Gasteiger partial charge in [-0.2, -0.15) is 0 Å². The molecule has 9 heteroatoms. The third kappa shape index (κ3) is 4.61. The van der Waals surface area contributed by atoms with Crippen LogP contribution < -0.4 is 19.5 Å². The largest absolute Gasteiger partial charge is 0.586 e. The number of fused-ring (bicyclic) bond motifs is 1. The molecule has 0 aromatic heterocycles. The van der Waals surface area contributed by atoms with Crippen LogP contribution in [0, 0.1) is 0 Å². The molecule has 0 saturated carbocycles. The van der Waals surface area contributed by atoms with Gasteiger partial charge in [-0.05, 0) is 41.8 Å².